The third kappa shape index (κ3) is 3.83. The highest BCUT2D eigenvalue weighted by molar-refractivity contribution is 7.90. The van der Waals surface area contributed by atoms with Crippen LogP contribution in [0.15, 0.2) is 18.2 Å². The number of nitrogens with one attached hydrogen (secondary N) is 2. The van der Waals surface area contributed by atoms with E-state index >= 15 is 0 Å². The van der Waals surface area contributed by atoms with Crippen LogP contribution >= 0.6 is 0 Å². The molecule has 1 saturated heterocycles. The van der Waals surface area contributed by atoms with Gasteiger partial charge in [-0.05, 0) is 18.2 Å². The molecule has 1 fully saturated rings. The Morgan fingerprint density at radius 2 is 1.81 bits per heavy atom. The number of nitrogens with zero attached hydrogens (tertiary/aromatic N) is 1. The quantitative estimate of drug-likeness (QED) is 0.825. The van der Waals surface area contributed by atoms with Gasteiger partial charge in [-0.15, -0.1) is 0 Å². The van der Waals surface area contributed by atoms with Crippen LogP contribution < -0.4 is 10.0 Å². The summed E-state index contributed by atoms with van der Waals surface area (Å²) in [6.07, 6.45) is -4.89. The number of hydrogen-bond acceptors (Lipinski definition) is 3. The summed E-state index contributed by atoms with van der Waals surface area (Å²) >= 11 is 0. The molecule has 1 aliphatic rings. The van der Waals surface area contributed by atoms with Crippen molar-refractivity contribution in [3.8, 4) is 0 Å². The summed E-state index contributed by atoms with van der Waals surface area (Å²) in [5.41, 5.74) is -1.84. The van der Waals surface area contributed by atoms with Gasteiger partial charge in [0.15, 0.2) is 0 Å². The van der Waals surface area contributed by atoms with E-state index in [1.807, 2.05) is 4.72 Å². The highest BCUT2D eigenvalue weighted by Gasteiger charge is 2.34. The van der Waals surface area contributed by atoms with E-state index in [4.69, 9.17) is 0 Å². The zero-order valence-corrected chi connectivity index (χ0v) is 11.6. The lowest BCUT2D eigenvalue weighted by Crippen LogP contribution is -2.48. The van der Waals surface area contributed by atoms with Gasteiger partial charge in [-0.25, -0.2) is 4.39 Å². The molecule has 1 aromatic carbocycles. The van der Waals surface area contributed by atoms with Gasteiger partial charge >= 0.3 is 16.4 Å². The first-order valence-corrected chi connectivity index (χ1v) is 7.49. The van der Waals surface area contributed by atoms with Crippen molar-refractivity contribution in [2.24, 2.45) is 0 Å². The molecular formula is C11H13F4N3O2S. The lowest BCUT2D eigenvalue weighted by atomic mass is 10.2. The maximum atomic E-state index is 13.1. The molecule has 0 aromatic heterocycles. The molecule has 1 heterocycles. The van der Waals surface area contributed by atoms with E-state index in [-0.39, 0.29) is 18.8 Å². The van der Waals surface area contributed by atoms with Crippen LogP contribution in [0.5, 0.6) is 0 Å². The smallest absolute Gasteiger partial charge is 0.314 e. The van der Waals surface area contributed by atoms with Crippen molar-refractivity contribution < 1.29 is 26.0 Å². The zero-order chi connectivity index (χ0) is 15.7. The van der Waals surface area contributed by atoms with Gasteiger partial charge in [0.25, 0.3) is 0 Å². The summed E-state index contributed by atoms with van der Waals surface area (Å²) in [5, 5.41) is 2.95. The van der Waals surface area contributed by atoms with E-state index in [1.165, 1.54) is 0 Å². The molecule has 2 rings (SSSR count). The fraction of sp³-hybridized carbons (Fsp3) is 0.455. The monoisotopic (exact) mass is 327 g/mol. The molecule has 10 heteroatoms. The summed E-state index contributed by atoms with van der Waals surface area (Å²) in [4.78, 5) is 0. The van der Waals surface area contributed by atoms with Crippen LogP contribution in [0.25, 0.3) is 0 Å². The van der Waals surface area contributed by atoms with Gasteiger partial charge in [0.1, 0.15) is 5.82 Å². The molecule has 0 unspecified atom stereocenters. The SMILES string of the molecule is O=S(=O)(Nc1ccc(F)c(C(F)(F)F)c1)N1CCNCC1. The number of alkyl halides is 3. The van der Waals surface area contributed by atoms with Crippen molar-refractivity contribution in [2.45, 2.75) is 6.18 Å². The molecule has 0 atom stereocenters. The van der Waals surface area contributed by atoms with E-state index in [0.717, 1.165) is 10.4 Å². The summed E-state index contributed by atoms with van der Waals surface area (Å²) in [5.74, 6) is -1.45. The zero-order valence-electron chi connectivity index (χ0n) is 10.7. The van der Waals surface area contributed by atoms with Gasteiger partial charge in [0, 0.05) is 26.2 Å². The van der Waals surface area contributed by atoms with E-state index < -0.39 is 27.8 Å². The maximum absolute atomic E-state index is 13.1. The molecule has 118 valence electrons. The van der Waals surface area contributed by atoms with Crippen LogP contribution in [0.3, 0.4) is 0 Å². The summed E-state index contributed by atoms with van der Waals surface area (Å²) in [6.45, 7) is 1.33. The van der Waals surface area contributed by atoms with E-state index in [0.29, 0.717) is 25.2 Å². The van der Waals surface area contributed by atoms with Crippen LogP contribution in [0.1, 0.15) is 5.56 Å². The molecule has 5 nitrogen and oxygen atoms in total. The topological polar surface area (TPSA) is 61.4 Å². The molecule has 0 radical (unpaired) electrons. The van der Waals surface area contributed by atoms with Gasteiger partial charge in [-0.1, -0.05) is 0 Å². The predicted molar refractivity (Wildman–Crippen MR) is 68.4 cm³/mol. The fourth-order valence-corrected chi connectivity index (χ4v) is 3.12. The van der Waals surface area contributed by atoms with Crippen molar-refractivity contribution in [1.29, 1.82) is 0 Å². The Morgan fingerprint density at radius 1 is 1.19 bits per heavy atom. The third-order valence-corrected chi connectivity index (χ3v) is 4.47. The van der Waals surface area contributed by atoms with Crippen molar-refractivity contribution >= 4 is 15.9 Å². The Hall–Kier alpha value is -1.39. The first-order valence-electron chi connectivity index (χ1n) is 6.05. The van der Waals surface area contributed by atoms with Crippen LogP contribution in [-0.2, 0) is 16.4 Å². The lowest BCUT2D eigenvalue weighted by Gasteiger charge is -2.27. The predicted octanol–water partition coefficient (Wildman–Crippen LogP) is 1.41. The first kappa shape index (κ1) is 16.0. The summed E-state index contributed by atoms with van der Waals surface area (Å²) < 4.78 is 78.0. The maximum Gasteiger partial charge on any atom is 0.419 e. The van der Waals surface area contributed by atoms with E-state index in [1.54, 1.807) is 0 Å². The molecule has 2 N–H and O–H groups in total. The Balaban J connectivity index is 2.23. The van der Waals surface area contributed by atoms with E-state index in [2.05, 4.69) is 5.32 Å². The minimum absolute atomic E-state index is 0.211. The van der Waals surface area contributed by atoms with Crippen LogP contribution in [0, 0.1) is 5.82 Å². The van der Waals surface area contributed by atoms with Crippen molar-refractivity contribution in [2.75, 3.05) is 30.9 Å². The standard InChI is InChI=1S/C11H13F4N3O2S/c12-10-2-1-8(7-9(10)11(13,14)15)17-21(19,20)18-5-3-16-4-6-18/h1-2,7,16-17H,3-6H2. The summed E-state index contributed by atoms with van der Waals surface area (Å²) in [7, 11) is -3.96. The van der Waals surface area contributed by atoms with Crippen LogP contribution in [0.2, 0.25) is 0 Å². The number of hydrogen-bond donors (Lipinski definition) is 2. The molecule has 0 spiro atoms. The molecule has 21 heavy (non-hydrogen) atoms. The van der Waals surface area contributed by atoms with Gasteiger partial charge in [0.2, 0.25) is 0 Å². The molecule has 0 bridgehead atoms. The molecular weight excluding hydrogens is 314 g/mol. The average molecular weight is 327 g/mol. The normalized spacial score (nSPS) is 17.7. The highest BCUT2D eigenvalue weighted by Crippen LogP contribution is 2.33. The molecule has 0 saturated carbocycles. The largest absolute Gasteiger partial charge is 0.419 e. The van der Waals surface area contributed by atoms with Crippen molar-refractivity contribution in [3.63, 3.8) is 0 Å². The van der Waals surface area contributed by atoms with Crippen LogP contribution in [0.4, 0.5) is 23.2 Å². The van der Waals surface area contributed by atoms with E-state index in [9.17, 15) is 26.0 Å². The first-order chi connectivity index (χ1) is 9.70. The van der Waals surface area contributed by atoms with Crippen molar-refractivity contribution in [1.82, 2.24) is 9.62 Å². The van der Waals surface area contributed by atoms with Crippen LogP contribution in [-0.4, -0.2) is 38.9 Å². The number of anilines is 1. The van der Waals surface area contributed by atoms with Gasteiger partial charge in [-0.2, -0.15) is 25.9 Å². The average Bonchev–Trinajstić information content (AvgIpc) is 2.40. The Labute approximate surface area is 119 Å². The second kappa shape index (κ2) is 5.78. The number of rotatable bonds is 3. The number of halogens is 4. The highest BCUT2D eigenvalue weighted by atomic mass is 32.2. The number of benzene rings is 1. The minimum atomic E-state index is -4.89. The molecule has 1 aliphatic heterocycles. The Morgan fingerprint density at radius 3 is 2.38 bits per heavy atom. The second-order valence-electron chi connectivity index (χ2n) is 4.45. The number of piperazine rings is 1. The van der Waals surface area contributed by atoms with Crippen molar-refractivity contribution in [3.05, 3.63) is 29.6 Å². The Kier molecular flexibility index (Phi) is 4.40. The molecule has 0 aliphatic carbocycles. The summed E-state index contributed by atoms with van der Waals surface area (Å²) in [6, 6.07) is 1.97. The minimum Gasteiger partial charge on any atom is -0.314 e. The van der Waals surface area contributed by atoms with Gasteiger partial charge in [-0.3, -0.25) is 4.72 Å². The third-order valence-electron chi connectivity index (χ3n) is 2.93. The fourth-order valence-electron chi connectivity index (χ4n) is 1.90. The lowest BCUT2D eigenvalue weighted by molar-refractivity contribution is -0.139. The molecule has 1 aromatic rings. The van der Waals surface area contributed by atoms with Gasteiger partial charge < -0.3 is 5.32 Å². The van der Waals surface area contributed by atoms with Gasteiger partial charge in [0.05, 0.1) is 11.3 Å². The Bertz CT molecular complexity index is 612. The molecule has 0 amide bonds. The second-order valence-corrected chi connectivity index (χ2v) is 6.12.